The van der Waals surface area contributed by atoms with Gasteiger partial charge in [-0.3, -0.25) is 4.84 Å². The molecule has 0 radical (unpaired) electrons. The number of hydrogen-bond acceptors (Lipinski definition) is 5. The molecule has 2 aromatic rings. The predicted molar refractivity (Wildman–Crippen MR) is 89.5 cm³/mol. The molecule has 6 rings (SSSR count). The van der Waals surface area contributed by atoms with Crippen molar-refractivity contribution in [3.63, 3.8) is 0 Å². The van der Waals surface area contributed by atoms with E-state index in [1.54, 1.807) is 17.3 Å². The second-order valence-corrected chi connectivity index (χ2v) is 8.19. The normalized spacial score (nSPS) is 32.2. The summed E-state index contributed by atoms with van der Waals surface area (Å²) < 4.78 is 39.7. The van der Waals surface area contributed by atoms with Crippen LogP contribution >= 0.6 is 11.3 Å². The van der Waals surface area contributed by atoms with Gasteiger partial charge >= 0.3 is 6.18 Å². The number of anilines is 1. The van der Waals surface area contributed by atoms with Crippen LogP contribution in [-0.4, -0.2) is 5.72 Å². The first-order chi connectivity index (χ1) is 11.9. The molecule has 8 heteroatoms. The van der Waals surface area contributed by atoms with Crippen LogP contribution in [0.4, 0.5) is 18.9 Å². The van der Waals surface area contributed by atoms with E-state index in [4.69, 9.17) is 4.84 Å². The molecule has 4 fully saturated rings. The third-order valence-electron chi connectivity index (χ3n) is 5.84. The molecule has 3 saturated carbocycles. The van der Waals surface area contributed by atoms with Crippen LogP contribution in [0, 0.1) is 11.8 Å². The van der Waals surface area contributed by atoms with Gasteiger partial charge in [0.25, 0.3) is 0 Å². The Morgan fingerprint density at radius 1 is 1.20 bits per heavy atom. The van der Waals surface area contributed by atoms with Gasteiger partial charge in [0.15, 0.2) is 5.72 Å². The first-order valence-electron chi connectivity index (χ1n) is 8.55. The van der Waals surface area contributed by atoms with Gasteiger partial charge in [-0.05, 0) is 50.2 Å². The molecule has 2 bridgehead atoms. The lowest BCUT2D eigenvalue weighted by molar-refractivity contribution is -0.153. The van der Waals surface area contributed by atoms with E-state index in [2.05, 4.69) is 11.0 Å². The summed E-state index contributed by atoms with van der Waals surface area (Å²) in [6.45, 7) is 0. The zero-order chi connectivity index (χ0) is 17.2. The van der Waals surface area contributed by atoms with Gasteiger partial charge in [-0.15, -0.1) is 11.3 Å². The Morgan fingerprint density at radius 2 is 2.00 bits per heavy atom. The van der Waals surface area contributed by atoms with E-state index in [0.717, 1.165) is 36.3 Å². The van der Waals surface area contributed by atoms with Gasteiger partial charge in [-0.2, -0.15) is 18.6 Å². The molecule has 1 spiro atoms. The van der Waals surface area contributed by atoms with Crippen molar-refractivity contribution in [3.05, 3.63) is 29.1 Å². The number of hydrogen-bond donors (Lipinski definition) is 2. The maximum atomic E-state index is 13.0. The van der Waals surface area contributed by atoms with Crippen molar-refractivity contribution < 1.29 is 18.0 Å². The van der Waals surface area contributed by atoms with Crippen molar-refractivity contribution >= 4 is 27.1 Å². The molecule has 1 aliphatic heterocycles. The second-order valence-electron chi connectivity index (χ2n) is 7.28. The average Bonchev–Trinajstić information content (AvgIpc) is 3.19. The fourth-order valence-corrected chi connectivity index (χ4v) is 5.54. The van der Waals surface area contributed by atoms with Crippen molar-refractivity contribution in [3.8, 4) is 0 Å². The molecule has 134 valence electrons. The topological polar surface area (TPSA) is 36.5 Å². The highest BCUT2D eigenvalue weighted by atomic mass is 32.1. The summed E-state index contributed by atoms with van der Waals surface area (Å²) in [5.41, 5.74) is 6.16. The summed E-state index contributed by atoms with van der Waals surface area (Å²) in [6, 6.07) is 4.98. The summed E-state index contributed by atoms with van der Waals surface area (Å²) in [7, 11) is 0. The molecule has 25 heavy (non-hydrogen) atoms. The lowest BCUT2D eigenvalue weighted by Crippen LogP contribution is -2.57. The zero-order valence-corrected chi connectivity index (χ0v) is 14.2. The second kappa shape index (κ2) is 5.33. The van der Waals surface area contributed by atoms with E-state index >= 15 is 0 Å². The maximum absolute atomic E-state index is 13.0. The molecule has 1 saturated heterocycles. The van der Waals surface area contributed by atoms with Gasteiger partial charge in [0.1, 0.15) is 0 Å². The Morgan fingerprint density at radius 3 is 2.68 bits per heavy atom. The lowest BCUT2D eigenvalue weighted by atomic mass is 9.66. The molecule has 3 aliphatic carbocycles. The van der Waals surface area contributed by atoms with Crippen LogP contribution in [-0.2, 0) is 11.0 Å². The molecule has 1 aromatic heterocycles. The molecular formula is C17H18F3N3OS. The molecule has 0 amide bonds. The third-order valence-corrected chi connectivity index (χ3v) is 6.79. The minimum atomic E-state index is -4.32. The van der Waals surface area contributed by atoms with Gasteiger partial charge in [0.2, 0.25) is 0 Å². The molecule has 2 heterocycles. The van der Waals surface area contributed by atoms with E-state index in [1.165, 1.54) is 24.3 Å². The minimum Gasteiger partial charge on any atom is -0.257 e. The maximum Gasteiger partial charge on any atom is 0.417 e. The Hall–Kier alpha value is -1.35. The fraction of sp³-hybridized carbons (Fsp3) is 0.529. The van der Waals surface area contributed by atoms with Crippen molar-refractivity contribution in [2.24, 2.45) is 11.8 Å². The first-order valence-corrected chi connectivity index (χ1v) is 9.43. The largest absolute Gasteiger partial charge is 0.417 e. The number of benzene rings is 1. The van der Waals surface area contributed by atoms with E-state index in [0.29, 0.717) is 16.5 Å². The summed E-state index contributed by atoms with van der Waals surface area (Å²) >= 11 is 1.11. The van der Waals surface area contributed by atoms with Crippen molar-refractivity contribution in [2.45, 2.75) is 44.0 Å². The summed E-state index contributed by atoms with van der Waals surface area (Å²) in [5.74, 6) is 1.16. The van der Waals surface area contributed by atoms with E-state index in [1.807, 2.05) is 0 Å². The van der Waals surface area contributed by atoms with Gasteiger partial charge in [0, 0.05) is 21.4 Å². The van der Waals surface area contributed by atoms with Crippen LogP contribution in [0.1, 0.15) is 37.7 Å². The molecule has 4 nitrogen and oxygen atoms in total. The van der Waals surface area contributed by atoms with E-state index in [9.17, 15) is 13.2 Å². The number of thiophene rings is 1. The average molecular weight is 369 g/mol. The number of rotatable bonds is 1. The number of fused-ring (bicyclic) bond motifs is 3. The van der Waals surface area contributed by atoms with Crippen molar-refractivity contribution in [1.29, 1.82) is 0 Å². The summed E-state index contributed by atoms with van der Waals surface area (Å²) in [5, 5.41) is 3.12. The van der Waals surface area contributed by atoms with E-state index in [-0.39, 0.29) is 11.1 Å². The fourth-order valence-electron chi connectivity index (χ4n) is 4.55. The quantitative estimate of drug-likeness (QED) is 0.771. The smallest absolute Gasteiger partial charge is 0.257 e. The highest BCUT2D eigenvalue weighted by Crippen LogP contribution is 2.49. The van der Waals surface area contributed by atoms with Crippen LogP contribution in [0.25, 0.3) is 10.1 Å². The van der Waals surface area contributed by atoms with Gasteiger partial charge < -0.3 is 0 Å². The van der Waals surface area contributed by atoms with Crippen LogP contribution in [0.15, 0.2) is 23.6 Å². The Kier molecular flexibility index (Phi) is 3.38. The van der Waals surface area contributed by atoms with E-state index < -0.39 is 11.7 Å². The first kappa shape index (κ1) is 15.9. The molecule has 2 N–H and O–H groups in total. The molecular weight excluding hydrogens is 351 g/mol. The van der Waals surface area contributed by atoms with Crippen LogP contribution in [0.2, 0.25) is 0 Å². The highest BCUT2D eigenvalue weighted by molar-refractivity contribution is 7.17. The standard InChI is InChI=1S/C17H18F3N3OS/c18-17(19,20)14-9-25-15-7-12(5-6-13(14)15)23-21-16(24-22-23)8-10-1-3-11(16)4-2-10/h5-7,9-11,21-22H,1-4,8H2/t10?,11?,16-/m1/s1. The molecule has 1 aromatic carbocycles. The summed E-state index contributed by atoms with van der Waals surface area (Å²) in [6.07, 6.45) is 1.49. The predicted octanol–water partition coefficient (Wildman–Crippen LogP) is 4.59. The van der Waals surface area contributed by atoms with Gasteiger partial charge in [0.05, 0.1) is 11.3 Å². The van der Waals surface area contributed by atoms with Crippen LogP contribution < -0.4 is 16.1 Å². The molecule has 4 aliphatic rings. The van der Waals surface area contributed by atoms with Crippen LogP contribution in [0.3, 0.4) is 0 Å². The van der Waals surface area contributed by atoms with Gasteiger partial charge in [-0.25, -0.2) is 5.12 Å². The molecule has 1 atom stereocenters. The lowest BCUT2D eigenvalue weighted by Gasteiger charge is -2.47. The number of hydrazine groups is 2. The third kappa shape index (κ3) is 2.46. The highest BCUT2D eigenvalue weighted by Gasteiger charge is 2.53. The number of alkyl halides is 3. The zero-order valence-electron chi connectivity index (χ0n) is 13.4. The van der Waals surface area contributed by atoms with Crippen molar-refractivity contribution in [2.75, 3.05) is 5.12 Å². The molecule has 0 unspecified atom stereocenters. The Bertz CT molecular complexity index is 815. The number of halogens is 3. The minimum absolute atomic E-state index is 0.243. The van der Waals surface area contributed by atoms with Crippen LogP contribution in [0.5, 0.6) is 0 Å². The van der Waals surface area contributed by atoms with Gasteiger partial charge in [-0.1, -0.05) is 11.7 Å². The Balaban J connectivity index is 1.43. The monoisotopic (exact) mass is 369 g/mol. The number of nitrogens with one attached hydrogen (secondary N) is 2. The summed E-state index contributed by atoms with van der Waals surface area (Å²) in [4.78, 5) is 5.94. The Labute approximate surface area is 146 Å². The van der Waals surface area contributed by atoms with Crippen molar-refractivity contribution in [1.82, 2.24) is 11.0 Å². The SMILES string of the molecule is FC(F)(F)c1csc2cc(N3NO[C@@]4(CC5CCC4CC5)N3)ccc12. The number of nitrogens with zero attached hydrogens (tertiary/aromatic N) is 1.